The Morgan fingerprint density at radius 1 is 1.25 bits per heavy atom. The van der Waals surface area contributed by atoms with Crippen molar-refractivity contribution in [2.75, 3.05) is 0 Å². The lowest BCUT2D eigenvalue weighted by atomic mass is 10.1. The molecule has 2 rings (SSSR count). The normalized spacial score (nSPS) is 13.7. The molecular formula is C16H20N2OS. The molecule has 0 fully saturated rings. The average molecular weight is 288 g/mol. The second-order valence-electron chi connectivity index (χ2n) is 4.75. The first kappa shape index (κ1) is 14.8. The van der Waals surface area contributed by atoms with Gasteiger partial charge in [-0.05, 0) is 23.4 Å². The van der Waals surface area contributed by atoms with Crippen LogP contribution in [-0.4, -0.2) is 5.91 Å². The summed E-state index contributed by atoms with van der Waals surface area (Å²) in [6, 6.07) is 13.0. The summed E-state index contributed by atoms with van der Waals surface area (Å²) in [5.74, 6) is -0.122. The summed E-state index contributed by atoms with van der Waals surface area (Å²) in [4.78, 5) is 13.5. The first-order valence-corrected chi connectivity index (χ1v) is 7.74. The van der Waals surface area contributed by atoms with E-state index in [1.54, 1.807) is 11.3 Å². The van der Waals surface area contributed by atoms with Crippen LogP contribution in [0, 0.1) is 0 Å². The standard InChI is InChI=1S/C16H20N2OS/c1-2-7-13(14-10-6-11-20-14)18-16(19)15(17)12-8-4-3-5-9-12/h3-6,8-11,13,15H,2,7,17H2,1H3,(H,18,19). The largest absolute Gasteiger partial charge is 0.347 e. The van der Waals surface area contributed by atoms with E-state index >= 15 is 0 Å². The van der Waals surface area contributed by atoms with E-state index in [1.807, 2.05) is 41.8 Å². The third-order valence-electron chi connectivity index (χ3n) is 3.22. The van der Waals surface area contributed by atoms with Gasteiger partial charge in [-0.1, -0.05) is 49.7 Å². The number of carbonyl (C=O) groups excluding carboxylic acids is 1. The zero-order valence-electron chi connectivity index (χ0n) is 11.6. The van der Waals surface area contributed by atoms with Gasteiger partial charge in [-0.25, -0.2) is 0 Å². The second-order valence-corrected chi connectivity index (χ2v) is 5.73. The minimum atomic E-state index is -0.615. The van der Waals surface area contributed by atoms with Crippen LogP contribution in [0.1, 0.15) is 42.3 Å². The Morgan fingerprint density at radius 3 is 2.60 bits per heavy atom. The van der Waals surface area contributed by atoms with Gasteiger partial charge < -0.3 is 11.1 Å². The van der Waals surface area contributed by atoms with E-state index in [1.165, 1.54) is 4.88 Å². The van der Waals surface area contributed by atoms with E-state index in [9.17, 15) is 4.79 Å². The summed E-state index contributed by atoms with van der Waals surface area (Å²) in [5, 5.41) is 5.09. The van der Waals surface area contributed by atoms with Gasteiger partial charge in [-0.15, -0.1) is 11.3 Å². The molecule has 3 N–H and O–H groups in total. The van der Waals surface area contributed by atoms with Gasteiger partial charge in [0.1, 0.15) is 6.04 Å². The van der Waals surface area contributed by atoms with E-state index in [4.69, 9.17) is 5.73 Å². The van der Waals surface area contributed by atoms with Crippen molar-refractivity contribution in [1.82, 2.24) is 5.32 Å². The molecule has 0 radical (unpaired) electrons. The van der Waals surface area contributed by atoms with Crippen molar-refractivity contribution in [2.24, 2.45) is 5.73 Å². The van der Waals surface area contributed by atoms with Crippen molar-refractivity contribution in [1.29, 1.82) is 0 Å². The number of nitrogens with one attached hydrogen (secondary N) is 1. The van der Waals surface area contributed by atoms with E-state index in [0.29, 0.717) is 0 Å². The number of benzene rings is 1. The van der Waals surface area contributed by atoms with Crippen LogP contribution in [-0.2, 0) is 4.79 Å². The molecule has 0 bridgehead atoms. The zero-order chi connectivity index (χ0) is 14.4. The molecule has 0 spiro atoms. The van der Waals surface area contributed by atoms with Gasteiger partial charge >= 0.3 is 0 Å². The predicted molar refractivity (Wildman–Crippen MR) is 83.5 cm³/mol. The van der Waals surface area contributed by atoms with Crippen LogP contribution in [0.5, 0.6) is 0 Å². The maximum absolute atomic E-state index is 12.3. The van der Waals surface area contributed by atoms with Crippen LogP contribution in [0.2, 0.25) is 0 Å². The number of hydrogen-bond acceptors (Lipinski definition) is 3. The Bertz CT molecular complexity index is 525. The Kier molecular flexibility index (Phi) is 5.32. The van der Waals surface area contributed by atoms with Crippen molar-refractivity contribution in [3.05, 3.63) is 58.3 Å². The van der Waals surface area contributed by atoms with Crippen LogP contribution in [0.4, 0.5) is 0 Å². The van der Waals surface area contributed by atoms with Crippen molar-refractivity contribution in [2.45, 2.75) is 31.8 Å². The number of hydrogen-bond donors (Lipinski definition) is 2. The summed E-state index contributed by atoms with van der Waals surface area (Å²) >= 11 is 1.66. The Balaban J connectivity index is 2.05. The summed E-state index contributed by atoms with van der Waals surface area (Å²) < 4.78 is 0. The zero-order valence-corrected chi connectivity index (χ0v) is 12.4. The Labute approximate surface area is 123 Å². The van der Waals surface area contributed by atoms with Gasteiger partial charge in [-0.3, -0.25) is 4.79 Å². The smallest absolute Gasteiger partial charge is 0.242 e. The first-order valence-electron chi connectivity index (χ1n) is 6.86. The van der Waals surface area contributed by atoms with Crippen LogP contribution in [0.25, 0.3) is 0 Å². The molecule has 1 aromatic heterocycles. The van der Waals surface area contributed by atoms with E-state index in [-0.39, 0.29) is 11.9 Å². The fourth-order valence-corrected chi connectivity index (χ4v) is 2.95. The van der Waals surface area contributed by atoms with Gasteiger partial charge in [0.2, 0.25) is 5.91 Å². The highest BCUT2D eigenvalue weighted by molar-refractivity contribution is 7.10. The Morgan fingerprint density at radius 2 is 2.00 bits per heavy atom. The molecule has 1 aromatic carbocycles. The monoisotopic (exact) mass is 288 g/mol. The number of thiophene rings is 1. The van der Waals surface area contributed by atoms with E-state index in [2.05, 4.69) is 18.3 Å². The molecule has 20 heavy (non-hydrogen) atoms. The third-order valence-corrected chi connectivity index (χ3v) is 4.21. The molecule has 2 aromatic rings. The quantitative estimate of drug-likeness (QED) is 0.856. The van der Waals surface area contributed by atoms with E-state index in [0.717, 1.165) is 18.4 Å². The summed E-state index contributed by atoms with van der Waals surface area (Å²) in [5.41, 5.74) is 6.87. The highest BCUT2D eigenvalue weighted by atomic mass is 32.1. The molecule has 2 unspecified atom stereocenters. The number of carbonyl (C=O) groups is 1. The van der Waals surface area contributed by atoms with Crippen LogP contribution in [0.15, 0.2) is 47.8 Å². The van der Waals surface area contributed by atoms with Crippen molar-refractivity contribution >= 4 is 17.2 Å². The SMILES string of the molecule is CCCC(NC(=O)C(N)c1ccccc1)c1cccs1. The molecule has 0 aliphatic rings. The molecule has 106 valence electrons. The highest BCUT2D eigenvalue weighted by Crippen LogP contribution is 2.24. The summed E-state index contributed by atoms with van der Waals surface area (Å²) in [7, 11) is 0. The Hall–Kier alpha value is -1.65. The van der Waals surface area contributed by atoms with Crippen LogP contribution in [0.3, 0.4) is 0 Å². The van der Waals surface area contributed by atoms with Crippen LogP contribution >= 0.6 is 11.3 Å². The predicted octanol–water partition coefficient (Wildman–Crippen LogP) is 3.41. The molecule has 3 nitrogen and oxygen atoms in total. The molecule has 4 heteroatoms. The minimum Gasteiger partial charge on any atom is -0.347 e. The van der Waals surface area contributed by atoms with Gasteiger partial charge in [0, 0.05) is 4.88 Å². The summed E-state index contributed by atoms with van der Waals surface area (Å²) in [6.45, 7) is 2.11. The van der Waals surface area contributed by atoms with E-state index < -0.39 is 6.04 Å². The topological polar surface area (TPSA) is 55.1 Å². The highest BCUT2D eigenvalue weighted by Gasteiger charge is 2.20. The lowest BCUT2D eigenvalue weighted by molar-refractivity contribution is -0.123. The molecule has 0 aliphatic heterocycles. The molecule has 1 amide bonds. The molecule has 0 saturated heterocycles. The van der Waals surface area contributed by atoms with Crippen molar-refractivity contribution in [3.8, 4) is 0 Å². The van der Waals surface area contributed by atoms with Gasteiger partial charge in [-0.2, -0.15) is 0 Å². The lowest BCUT2D eigenvalue weighted by Gasteiger charge is -2.20. The molecule has 0 saturated carbocycles. The lowest BCUT2D eigenvalue weighted by Crippen LogP contribution is -2.36. The second kappa shape index (κ2) is 7.22. The third kappa shape index (κ3) is 3.68. The number of amides is 1. The summed E-state index contributed by atoms with van der Waals surface area (Å²) in [6.07, 6.45) is 1.94. The number of rotatable bonds is 6. The van der Waals surface area contributed by atoms with Gasteiger partial charge in [0.05, 0.1) is 6.04 Å². The van der Waals surface area contributed by atoms with Crippen LogP contribution < -0.4 is 11.1 Å². The first-order chi connectivity index (χ1) is 9.72. The number of nitrogens with two attached hydrogens (primary N) is 1. The van der Waals surface area contributed by atoms with Gasteiger partial charge in [0.15, 0.2) is 0 Å². The molecule has 2 atom stereocenters. The fourth-order valence-electron chi connectivity index (χ4n) is 2.14. The maximum Gasteiger partial charge on any atom is 0.242 e. The van der Waals surface area contributed by atoms with Gasteiger partial charge in [0.25, 0.3) is 0 Å². The average Bonchev–Trinajstić information content (AvgIpc) is 3.01. The molecular weight excluding hydrogens is 268 g/mol. The minimum absolute atomic E-state index is 0.0577. The molecule has 0 aliphatic carbocycles. The van der Waals surface area contributed by atoms with Crippen molar-refractivity contribution in [3.63, 3.8) is 0 Å². The molecule has 1 heterocycles. The maximum atomic E-state index is 12.3. The van der Waals surface area contributed by atoms with Crippen molar-refractivity contribution < 1.29 is 4.79 Å². The fraction of sp³-hybridized carbons (Fsp3) is 0.312.